The predicted molar refractivity (Wildman–Crippen MR) is 98.8 cm³/mol. The first-order chi connectivity index (χ1) is 12.1. The lowest BCUT2D eigenvalue weighted by Crippen LogP contribution is -2.47. The molecule has 1 saturated heterocycles. The van der Waals surface area contributed by atoms with Crippen LogP contribution in [0.3, 0.4) is 0 Å². The quantitative estimate of drug-likeness (QED) is 0.635. The summed E-state index contributed by atoms with van der Waals surface area (Å²) in [6, 6.07) is 7.17. The van der Waals surface area contributed by atoms with Gasteiger partial charge in [0.15, 0.2) is 0 Å². The highest BCUT2D eigenvalue weighted by molar-refractivity contribution is 7.89. The van der Waals surface area contributed by atoms with Crippen LogP contribution < -0.4 is 0 Å². The van der Waals surface area contributed by atoms with Gasteiger partial charge in [-0.3, -0.25) is 0 Å². The molecule has 1 aromatic rings. The Kier molecular flexibility index (Phi) is 4.28. The van der Waals surface area contributed by atoms with Crippen LogP contribution >= 0.6 is 0 Å². The molecule has 0 radical (unpaired) electrons. The zero-order valence-electron chi connectivity index (χ0n) is 14.3. The highest BCUT2D eigenvalue weighted by Gasteiger charge is 2.54. The van der Waals surface area contributed by atoms with Gasteiger partial charge in [0.1, 0.15) is 0 Å². The molecule has 2 bridgehead atoms. The minimum Gasteiger partial charge on any atom is -0.312 e. The second kappa shape index (κ2) is 6.32. The van der Waals surface area contributed by atoms with Gasteiger partial charge in [-0.15, -0.1) is 0 Å². The van der Waals surface area contributed by atoms with E-state index in [1.165, 1.54) is 6.21 Å². The molecule has 1 aromatic carbocycles. The van der Waals surface area contributed by atoms with Gasteiger partial charge in [-0.2, -0.15) is 4.31 Å². The number of benzene rings is 1. The maximum absolute atomic E-state index is 13.6. The first kappa shape index (κ1) is 16.9. The van der Waals surface area contributed by atoms with Crippen LogP contribution in [0.2, 0.25) is 0 Å². The molecule has 4 rings (SSSR count). The Hall–Kier alpha value is -1.53. The Morgan fingerprint density at radius 3 is 2.32 bits per heavy atom. The maximum Gasteiger partial charge on any atom is 0.218 e. The highest BCUT2D eigenvalue weighted by Crippen LogP contribution is 2.53. The third-order valence-electron chi connectivity index (χ3n) is 6.11. The van der Waals surface area contributed by atoms with Crippen molar-refractivity contribution in [1.29, 1.82) is 10.8 Å². The van der Waals surface area contributed by atoms with Crippen LogP contribution in [0.5, 0.6) is 0 Å². The lowest BCUT2D eigenvalue weighted by atomic mass is 9.89. The van der Waals surface area contributed by atoms with Crippen molar-refractivity contribution in [3.8, 4) is 0 Å². The molecule has 2 fully saturated rings. The normalized spacial score (nSPS) is 30.7. The monoisotopic (exact) mass is 359 g/mol. The van der Waals surface area contributed by atoms with E-state index in [9.17, 15) is 8.42 Å². The zero-order chi connectivity index (χ0) is 17.6. The summed E-state index contributed by atoms with van der Waals surface area (Å²) in [5.74, 6) is -0.444. The van der Waals surface area contributed by atoms with Gasteiger partial charge >= 0.3 is 0 Å². The number of nitrogens with zero attached hydrogens (tertiary/aromatic N) is 1. The Morgan fingerprint density at radius 1 is 1.04 bits per heavy atom. The SMILES string of the molecule is N=CC1C(=N)CC2c3ccccc3C1N2S(=O)(=O)C1CCCCCC1. The molecule has 2 heterocycles. The second-order valence-corrected chi connectivity index (χ2v) is 9.62. The summed E-state index contributed by atoms with van der Waals surface area (Å²) in [6.07, 6.45) is 7.33. The number of piperidine rings is 1. The third-order valence-corrected chi connectivity index (χ3v) is 8.49. The van der Waals surface area contributed by atoms with Gasteiger partial charge in [-0.25, -0.2) is 8.42 Å². The van der Waals surface area contributed by atoms with Crippen LogP contribution in [0.15, 0.2) is 24.3 Å². The third kappa shape index (κ3) is 2.57. The largest absolute Gasteiger partial charge is 0.312 e. The van der Waals surface area contributed by atoms with Gasteiger partial charge in [0, 0.05) is 18.3 Å². The maximum atomic E-state index is 13.6. The Bertz CT molecular complexity index is 797. The zero-order valence-corrected chi connectivity index (χ0v) is 15.1. The first-order valence-corrected chi connectivity index (χ1v) is 10.7. The summed E-state index contributed by atoms with van der Waals surface area (Å²) in [5.41, 5.74) is 2.49. The van der Waals surface area contributed by atoms with E-state index in [0.29, 0.717) is 12.1 Å². The molecule has 3 atom stereocenters. The van der Waals surface area contributed by atoms with E-state index in [-0.39, 0.29) is 11.3 Å². The summed E-state index contributed by atoms with van der Waals surface area (Å²) in [5, 5.41) is 15.8. The fraction of sp³-hybridized carbons (Fsp3) is 0.579. The number of fused-ring (bicyclic) bond motifs is 5. The average Bonchev–Trinajstić information content (AvgIpc) is 2.78. The van der Waals surface area contributed by atoms with Crippen LogP contribution in [0.1, 0.15) is 68.2 Å². The smallest absolute Gasteiger partial charge is 0.218 e. The molecular formula is C19H25N3O2S. The summed E-state index contributed by atoms with van der Waals surface area (Å²) in [7, 11) is -3.45. The van der Waals surface area contributed by atoms with E-state index < -0.39 is 22.0 Å². The Balaban J connectivity index is 1.79. The van der Waals surface area contributed by atoms with Crippen LogP contribution in [-0.4, -0.2) is 29.9 Å². The van der Waals surface area contributed by atoms with Gasteiger partial charge < -0.3 is 10.8 Å². The second-order valence-electron chi connectivity index (χ2n) is 7.50. The molecule has 1 saturated carbocycles. The van der Waals surface area contributed by atoms with Gasteiger partial charge in [0.2, 0.25) is 10.0 Å². The molecule has 3 aliphatic rings. The van der Waals surface area contributed by atoms with Gasteiger partial charge in [0.05, 0.1) is 23.3 Å². The van der Waals surface area contributed by atoms with Crippen LogP contribution in [0.25, 0.3) is 0 Å². The van der Waals surface area contributed by atoms with E-state index >= 15 is 0 Å². The highest BCUT2D eigenvalue weighted by atomic mass is 32.2. The van der Waals surface area contributed by atoms with Gasteiger partial charge in [0.25, 0.3) is 0 Å². The predicted octanol–water partition coefficient (Wildman–Crippen LogP) is 3.83. The fourth-order valence-corrected chi connectivity index (χ4v) is 7.26. The lowest BCUT2D eigenvalue weighted by Gasteiger charge is -2.40. The first-order valence-electron chi connectivity index (χ1n) is 9.25. The van der Waals surface area contributed by atoms with E-state index in [2.05, 4.69) is 0 Å². The number of hydrogen-bond donors (Lipinski definition) is 2. The molecule has 0 aromatic heterocycles. The number of rotatable bonds is 3. The van der Waals surface area contributed by atoms with Crippen LogP contribution in [0.4, 0.5) is 0 Å². The van der Waals surface area contributed by atoms with Gasteiger partial charge in [-0.1, -0.05) is 49.9 Å². The molecule has 1 aliphatic carbocycles. The van der Waals surface area contributed by atoms with E-state index in [4.69, 9.17) is 10.8 Å². The molecule has 5 nitrogen and oxygen atoms in total. The van der Waals surface area contributed by atoms with E-state index in [0.717, 1.165) is 49.7 Å². The van der Waals surface area contributed by atoms with E-state index in [1.807, 2.05) is 24.3 Å². The van der Waals surface area contributed by atoms with Gasteiger partial charge in [-0.05, 0) is 24.0 Å². The van der Waals surface area contributed by atoms with Crippen LogP contribution in [-0.2, 0) is 10.0 Å². The van der Waals surface area contributed by atoms with Crippen LogP contribution in [0, 0.1) is 16.7 Å². The topological polar surface area (TPSA) is 85.1 Å². The summed E-state index contributed by atoms with van der Waals surface area (Å²) >= 11 is 0. The van der Waals surface area contributed by atoms with E-state index in [1.54, 1.807) is 4.31 Å². The Labute approximate surface area is 149 Å². The molecule has 3 unspecified atom stereocenters. The standard InChI is InChI=1S/C19H25N3O2S/c20-12-16-17(21)11-18-14-9-5-6-10-15(14)19(16)22(18)25(23,24)13-7-3-1-2-4-8-13/h5-6,9-10,12-13,16,18-21H,1-4,7-8,11H2. The molecule has 0 spiro atoms. The molecule has 2 aliphatic heterocycles. The number of hydrogen-bond acceptors (Lipinski definition) is 4. The summed E-state index contributed by atoms with van der Waals surface area (Å²) in [6.45, 7) is 0. The van der Waals surface area contributed by atoms with Crippen molar-refractivity contribution in [2.24, 2.45) is 5.92 Å². The lowest BCUT2D eigenvalue weighted by molar-refractivity contribution is 0.250. The molecular weight excluding hydrogens is 334 g/mol. The number of nitrogens with one attached hydrogen (secondary N) is 2. The minimum absolute atomic E-state index is 0.266. The summed E-state index contributed by atoms with van der Waals surface area (Å²) in [4.78, 5) is 0. The molecule has 25 heavy (non-hydrogen) atoms. The summed E-state index contributed by atoms with van der Waals surface area (Å²) < 4.78 is 28.8. The Morgan fingerprint density at radius 2 is 1.68 bits per heavy atom. The van der Waals surface area contributed by atoms with Crippen molar-refractivity contribution >= 4 is 21.9 Å². The molecule has 0 amide bonds. The number of sulfonamides is 1. The van der Waals surface area contributed by atoms with Crippen molar-refractivity contribution in [1.82, 2.24) is 4.31 Å². The van der Waals surface area contributed by atoms with Crippen molar-refractivity contribution in [2.45, 2.75) is 62.3 Å². The van der Waals surface area contributed by atoms with Crippen molar-refractivity contribution in [2.75, 3.05) is 0 Å². The molecule has 134 valence electrons. The molecule has 6 heteroatoms. The van der Waals surface area contributed by atoms with Crippen molar-refractivity contribution in [3.05, 3.63) is 35.4 Å². The average molecular weight is 359 g/mol. The van der Waals surface area contributed by atoms with Crippen molar-refractivity contribution in [3.63, 3.8) is 0 Å². The minimum atomic E-state index is -3.45. The fourth-order valence-electron chi connectivity index (χ4n) is 4.88. The van der Waals surface area contributed by atoms with Crippen molar-refractivity contribution < 1.29 is 8.42 Å². The molecule has 2 N–H and O–H groups in total.